The Morgan fingerprint density at radius 3 is 2.57 bits per heavy atom. The van der Waals surface area contributed by atoms with E-state index < -0.39 is 21.2 Å². The van der Waals surface area contributed by atoms with Crippen LogP contribution in [0.25, 0.3) is 0 Å². The summed E-state index contributed by atoms with van der Waals surface area (Å²) in [6.07, 6.45) is 0. The molecule has 0 radical (unpaired) electrons. The van der Waals surface area contributed by atoms with Gasteiger partial charge in [0.1, 0.15) is 0 Å². The van der Waals surface area contributed by atoms with Crippen LogP contribution in [0.1, 0.15) is 0 Å². The van der Waals surface area contributed by atoms with E-state index in [1.807, 2.05) is 0 Å². The smallest absolute Gasteiger partial charge is 0.261 e. The van der Waals surface area contributed by atoms with Crippen LogP contribution in [0.15, 0.2) is 52.3 Å². The number of rotatable bonds is 4. The maximum Gasteiger partial charge on any atom is 0.261 e. The first-order valence-corrected chi connectivity index (χ1v) is 11.8. The molecule has 2 N–H and O–H groups in total. The number of halogens is 1. The van der Waals surface area contributed by atoms with Crippen molar-refractivity contribution in [3.8, 4) is 0 Å². The van der Waals surface area contributed by atoms with Gasteiger partial charge in [0.2, 0.25) is 11.8 Å². The van der Waals surface area contributed by atoms with Crippen molar-refractivity contribution in [1.29, 1.82) is 0 Å². The number of ether oxygens (including phenoxy) is 1. The number of sulfonamides is 1. The number of fused-ring (bicyclic) bond motifs is 1. The molecule has 0 bridgehead atoms. The van der Waals surface area contributed by atoms with E-state index in [0.717, 1.165) is 11.8 Å². The van der Waals surface area contributed by atoms with E-state index in [2.05, 4.69) is 10.0 Å². The van der Waals surface area contributed by atoms with Crippen molar-refractivity contribution in [2.45, 2.75) is 15.0 Å². The number of benzene rings is 2. The standard InChI is InChI=1S/C19H18ClN3O5S2/c20-12-1-3-13(4-2-12)22-30(26,27)14-5-6-16-15(11-14)21-18(24)17(29-16)19(25)23-7-9-28-10-8-23/h1-6,11,17,22H,7-10H2,(H,21,24). The highest BCUT2D eigenvalue weighted by molar-refractivity contribution is 8.01. The molecule has 11 heteroatoms. The predicted octanol–water partition coefficient (Wildman–Crippen LogP) is 2.41. The second kappa shape index (κ2) is 8.46. The molecule has 2 amide bonds. The summed E-state index contributed by atoms with van der Waals surface area (Å²) in [5.74, 6) is -0.739. The molecule has 30 heavy (non-hydrogen) atoms. The molecule has 1 fully saturated rings. The van der Waals surface area contributed by atoms with Crippen LogP contribution in [0.5, 0.6) is 0 Å². The van der Waals surface area contributed by atoms with Crippen molar-refractivity contribution < 1.29 is 22.7 Å². The number of morpholine rings is 1. The summed E-state index contributed by atoms with van der Waals surface area (Å²) < 4.78 is 33.1. The molecule has 1 saturated heterocycles. The number of thioether (sulfide) groups is 1. The van der Waals surface area contributed by atoms with Gasteiger partial charge >= 0.3 is 0 Å². The summed E-state index contributed by atoms with van der Waals surface area (Å²) in [6, 6.07) is 10.7. The average molecular weight is 468 g/mol. The fourth-order valence-electron chi connectivity index (χ4n) is 3.10. The summed E-state index contributed by atoms with van der Waals surface area (Å²) in [7, 11) is -3.87. The van der Waals surface area contributed by atoms with Gasteiger partial charge in [-0.3, -0.25) is 14.3 Å². The largest absolute Gasteiger partial charge is 0.378 e. The molecular weight excluding hydrogens is 450 g/mol. The van der Waals surface area contributed by atoms with E-state index >= 15 is 0 Å². The third-order valence-corrected chi connectivity index (χ3v) is 7.54. The Bertz CT molecular complexity index is 1090. The van der Waals surface area contributed by atoms with Gasteiger partial charge in [-0.15, -0.1) is 11.8 Å². The van der Waals surface area contributed by atoms with Crippen LogP contribution >= 0.6 is 23.4 Å². The molecule has 8 nitrogen and oxygen atoms in total. The zero-order chi connectivity index (χ0) is 21.3. The molecule has 0 saturated carbocycles. The molecule has 0 spiro atoms. The first kappa shape index (κ1) is 21.0. The Balaban J connectivity index is 1.53. The normalized spacial score (nSPS) is 19.0. The third-order valence-electron chi connectivity index (χ3n) is 4.65. The van der Waals surface area contributed by atoms with Gasteiger partial charge in [0, 0.05) is 28.7 Å². The Hall–Kier alpha value is -2.27. The van der Waals surface area contributed by atoms with Crippen molar-refractivity contribution in [2.75, 3.05) is 36.3 Å². The Morgan fingerprint density at radius 1 is 1.17 bits per heavy atom. The molecular formula is C19H18ClN3O5S2. The van der Waals surface area contributed by atoms with Gasteiger partial charge in [-0.05, 0) is 42.5 Å². The van der Waals surface area contributed by atoms with E-state index in [1.165, 1.54) is 12.1 Å². The lowest BCUT2D eigenvalue weighted by atomic mass is 10.2. The fraction of sp³-hybridized carbons (Fsp3) is 0.263. The van der Waals surface area contributed by atoms with E-state index in [4.69, 9.17) is 16.3 Å². The van der Waals surface area contributed by atoms with Gasteiger partial charge in [-0.2, -0.15) is 0 Å². The summed E-state index contributed by atoms with van der Waals surface area (Å²) in [6.45, 7) is 1.79. The minimum atomic E-state index is -3.87. The van der Waals surface area contributed by atoms with E-state index in [1.54, 1.807) is 35.2 Å². The summed E-state index contributed by atoms with van der Waals surface area (Å²) in [4.78, 5) is 27.5. The van der Waals surface area contributed by atoms with Gasteiger partial charge < -0.3 is 15.0 Å². The minimum absolute atomic E-state index is 0.00458. The zero-order valence-electron chi connectivity index (χ0n) is 15.6. The molecule has 158 valence electrons. The topological polar surface area (TPSA) is 105 Å². The summed E-state index contributed by atoms with van der Waals surface area (Å²) in [5, 5.41) is 2.25. The lowest BCUT2D eigenvalue weighted by Gasteiger charge is -2.31. The predicted molar refractivity (Wildman–Crippen MR) is 114 cm³/mol. The molecule has 4 rings (SSSR count). The molecule has 1 atom stereocenters. The Morgan fingerprint density at radius 2 is 1.87 bits per heavy atom. The molecule has 2 heterocycles. The number of nitrogens with one attached hydrogen (secondary N) is 2. The number of anilines is 2. The second-order valence-corrected chi connectivity index (χ2v) is 9.96. The van der Waals surface area contributed by atoms with Crippen molar-refractivity contribution in [2.24, 2.45) is 0 Å². The highest BCUT2D eigenvalue weighted by Gasteiger charge is 2.36. The minimum Gasteiger partial charge on any atom is -0.378 e. The lowest BCUT2D eigenvalue weighted by molar-refractivity contribution is -0.137. The Kier molecular flexibility index (Phi) is 5.92. The number of hydrogen-bond donors (Lipinski definition) is 2. The Labute approximate surface area is 183 Å². The van der Waals surface area contributed by atoms with Crippen LogP contribution in [-0.2, 0) is 24.3 Å². The monoisotopic (exact) mass is 467 g/mol. The van der Waals surface area contributed by atoms with Crippen LogP contribution in [0.3, 0.4) is 0 Å². The third kappa shape index (κ3) is 4.41. The lowest BCUT2D eigenvalue weighted by Crippen LogP contribution is -2.49. The number of carbonyl (C=O) groups is 2. The van der Waals surface area contributed by atoms with Crippen LogP contribution in [-0.4, -0.2) is 56.7 Å². The number of carbonyl (C=O) groups excluding carboxylic acids is 2. The van der Waals surface area contributed by atoms with Crippen LogP contribution in [0, 0.1) is 0 Å². The van der Waals surface area contributed by atoms with Gasteiger partial charge in [0.05, 0.1) is 23.8 Å². The molecule has 1 unspecified atom stereocenters. The van der Waals surface area contributed by atoms with Gasteiger partial charge in [-0.1, -0.05) is 11.6 Å². The maximum absolute atomic E-state index is 12.7. The highest BCUT2D eigenvalue weighted by Crippen LogP contribution is 2.38. The molecule has 2 aromatic carbocycles. The number of nitrogens with zero attached hydrogens (tertiary/aromatic N) is 1. The van der Waals surface area contributed by atoms with Gasteiger partial charge in [0.15, 0.2) is 5.25 Å². The molecule has 2 aliphatic heterocycles. The molecule has 2 aliphatic rings. The zero-order valence-corrected chi connectivity index (χ0v) is 18.0. The van der Waals surface area contributed by atoms with Crippen LogP contribution in [0.4, 0.5) is 11.4 Å². The fourth-order valence-corrected chi connectivity index (χ4v) is 5.36. The summed E-state index contributed by atoms with van der Waals surface area (Å²) >= 11 is 6.94. The highest BCUT2D eigenvalue weighted by atomic mass is 35.5. The SMILES string of the molecule is O=C1Nc2cc(S(=O)(=O)Nc3ccc(Cl)cc3)ccc2SC1C(=O)N1CCOCC1. The van der Waals surface area contributed by atoms with Gasteiger partial charge in [0.25, 0.3) is 10.0 Å². The first-order chi connectivity index (χ1) is 14.3. The summed E-state index contributed by atoms with van der Waals surface area (Å²) in [5.41, 5.74) is 0.724. The number of amides is 2. The van der Waals surface area contributed by atoms with E-state index in [9.17, 15) is 18.0 Å². The molecule has 0 aromatic heterocycles. The number of hydrogen-bond acceptors (Lipinski definition) is 6. The average Bonchev–Trinajstić information content (AvgIpc) is 2.74. The van der Waals surface area contributed by atoms with Crippen molar-refractivity contribution in [3.63, 3.8) is 0 Å². The van der Waals surface area contributed by atoms with Crippen molar-refractivity contribution >= 4 is 56.6 Å². The van der Waals surface area contributed by atoms with E-state index in [0.29, 0.717) is 47.6 Å². The van der Waals surface area contributed by atoms with Crippen LogP contribution in [0.2, 0.25) is 5.02 Å². The maximum atomic E-state index is 12.7. The van der Waals surface area contributed by atoms with Crippen molar-refractivity contribution in [1.82, 2.24) is 4.90 Å². The second-order valence-electron chi connectivity index (χ2n) is 6.70. The van der Waals surface area contributed by atoms with Gasteiger partial charge in [-0.25, -0.2) is 8.42 Å². The quantitative estimate of drug-likeness (QED) is 0.669. The van der Waals surface area contributed by atoms with E-state index in [-0.39, 0.29) is 10.8 Å². The van der Waals surface area contributed by atoms with Crippen molar-refractivity contribution in [3.05, 3.63) is 47.5 Å². The first-order valence-electron chi connectivity index (χ1n) is 9.10. The molecule has 0 aliphatic carbocycles. The molecule has 2 aromatic rings. The van der Waals surface area contributed by atoms with Crippen LogP contribution < -0.4 is 10.0 Å².